The molecule has 12 nitrogen and oxygen atoms in total. The Morgan fingerprint density at radius 3 is 2.06 bits per heavy atom. The van der Waals surface area contributed by atoms with Crippen LogP contribution in [-0.4, -0.2) is 61.7 Å². The number of carbonyl (C=O) groups excluding carboxylic acids is 4. The average molecular weight is 492 g/mol. The zero-order chi connectivity index (χ0) is 25.9. The van der Waals surface area contributed by atoms with Gasteiger partial charge in [-0.25, -0.2) is 9.59 Å². The van der Waals surface area contributed by atoms with Gasteiger partial charge in [-0.3, -0.25) is 14.4 Å². The average Bonchev–Trinajstić information content (AvgIpc) is 2.76. The summed E-state index contributed by atoms with van der Waals surface area (Å²) in [5, 5.41) is 0.556. The van der Waals surface area contributed by atoms with Gasteiger partial charge in [0, 0.05) is 32.2 Å². The molecule has 35 heavy (non-hydrogen) atoms. The molecule has 0 spiro atoms. The standard InChI is InChI=1S/C23H24O12/c1-10-8-17(27)34-16-7-6-14(9-15(10)16)33-23-21(32-13(4)26)19(31-12(3)25)18(30-11(2)24)20(35-23)22(28)29-5/h6-9,18-21,23H,1-5H3/t18-,19?,20?,21?,23+/m0/s1. The highest BCUT2D eigenvalue weighted by Gasteiger charge is 2.55. The zero-order valence-electron chi connectivity index (χ0n) is 19.6. The van der Waals surface area contributed by atoms with Crippen LogP contribution in [0.2, 0.25) is 0 Å². The van der Waals surface area contributed by atoms with Gasteiger partial charge >= 0.3 is 29.5 Å². The SMILES string of the molecule is COC(=O)C1O[C@@H](Oc2ccc3oc(=O)cc(C)c3c2)C(OC(C)=O)C(OC(C)=O)[C@@H]1OC(C)=O. The second-order valence-corrected chi connectivity index (χ2v) is 7.69. The van der Waals surface area contributed by atoms with Crippen LogP contribution in [0, 0.1) is 6.92 Å². The van der Waals surface area contributed by atoms with E-state index in [-0.39, 0.29) is 5.75 Å². The Hall–Kier alpha value is -3.93. The lowest BCUT2D eigenvalue weighted by Gasteiger charge is -2.43. The number of aryl methyl sites for hydroxylation is 1. The first-order chi connectivity index (χ1) is 16.5. The van der Waals surface area contributed by atoms with Gasteiger partial charge in [0.2, 0.25) is 12.4 Å². The summed E-state index contributed by atoms with van der Waals surface area (Å²) >= 11 is 0. The topological polar surface area (TPSA) is 154 Å². The number of carbonyl (C=O) groups is 4. The molecule has 0 aliphatic carbocycles. The van der Waals surface area contributed by atoms with E-state index < -0.39 is 60.2 Å². The van der Waals surface area contributed by atoms with E-state index in [1.165, 1.54) is 18.2 Å². The Kier molecular flexibility index (Phi) is 7.75. The molecular weight excluding hydrogens is 468 g/mol. The Morgan fingerprint density at radius 2 is 1.46 bits per heavy atom. The highest BCUT2D eigenvalue weighted by molar-refractivity contribution is 5.81. The molecule has 0 N–H and O–H groups in total. The van der Waals surface area contributed by atoms with E-state index in [0.29, 0.717) is 16.5 Å². The second-order valence-electron chi connectivity index (χ2n) is 7.69. The van der Waals surface area contributed by atoms with Crippen LogP contribution in [0.25, 0.3) is 11.0 Å². The number of hydrogen-bond donors (Lipinski definition) is 0. The van der Waals surface area contributed by atoms with E-state index in [4.69, 9.17) is 32.8 Å². The summed E-state index contributed by atoms with van der Waals surface area (Å²) in [6.07, 6.45) is -7.48. The molecule has 12 heteroatoms. The lowest BCUT2D eigenvalue weighted by atomic mass is 9.97. The van der Waals surface area contributed by atoms with Crippen LogP contribution >= 0.6 is 0 Å². The Balaban J connectivity index is 2.06. The van der Waals surface area contributed by atoms with Gasteiger partial charge in [-0.2, -0.15) is 0 Å². The Morgan fingerprint density at radius 1 is 0.857 bits per heavy atom. The summed E-state index contributed by atoms with van der Waals surface area (Å²) < 4.78 is 37.4. The van der Waals surface area contributed by atoms with Gasteiger partial charge < -0.3 is 32.8 Å². The Labute approximate surface area is 199 Å². The molecule has 2 heterocycles. The van der Waals surface area contributed by atoms with Gasteiger partial charge in [0.1, 0.15) is 11.3 Å². The molecule has 3 unspecified atom stereocenters. The molecule has 0 radical (unpaired) electrons. The molecule has 1 saturated heterocycles. The van der Waals surface area contributed by atoms with Gasteiger partial charge in [-0.15, -0.1) is 0 Å². The lowest BCUT2D eigenvalue weighted by molar-refractivity contribution is -0.282. The zero-order valence-corrected chi connectivity index (χ0v) is 19.6. The number of rotatable bonds is 6. The molecule has 0 amide bonds. The molecule has 1 aromatic carbocycles. The molecule has 1 aliphatic heterocycles. The van der Waals surface area contributed by atoms with Gasteiger partial charge in [0.15, 0.2) is 18.3 Å². The maximum atomic E-state index is 12.5. The minimum atomic E-state index is -1.58. The molecule has 0 saturated carbocycles. The summed E-state index contributed by atoms with van der Waals surface area (Å²) in [6.45, 7) is 4.98. The molecule has 3 rings (SSSR count). The van der Waals surface area contributed by atoms with Crippen molar-refractivity contribution < 1.29 is 52.0 Å². The van der Waals surface area contributed by atoms with Crippen LogP contribution in [0.5, 0.6) is 5.75 Å². The van der Waals surface area contributed by atoms with Crippen molar-refractivity contribution in [3.05, 3.63) is 40.2 Å². The fraction of sp³-hybridized carbons (Fsp3) is 0.435. The number of fused-ring (bicyclic) bond motifs is 1. The van der Waals surface area contributed by atoms with Crippen LogP contribution < -0.4 is 10.4 Å². The summed E-state index contributed by atoms with van der Waals surface area (Å²) in [6, 6.07) is 5.81. The van der Waals surface area contributed by atoms with Crippen molar-refractivity contribution in [2.75, 3.05) is 7.11 Å². The van der Waals surface area contributed by atoms with E-state index in [1.807, 2.05) is 0 Å². The van der Waals surface area contributed by atoms with Crippen molar-refractivity contribution in [2.24, 2.45) is 0 Å². The van der Waals surface area contributed by atoms with E-state index >= 15 is 0 Å². The number of benzene rings is 1. The van der Waals surface area contributed by atoms with Crippen molar-refractivity contribution in [1.82, 2.24) is 0 Å². The largest absolute Gasteiger partial charge is 0.467 e. The van der Waals surface area contributed by atoms with Crippen molar-refractivity contribution in [2.45, 2.75) is 58.4 Å². The lowest BCUT2D eigenvalue weighted by Crippen LogP contribution is -2.64. The monoisotopic (exact) mass is 492 g/mol. The minimum Gasteiger partial charge on any atom is -0.467 e. The van der Waals surface area contributed by atoms with Crippen LogP contribution in [0.1, 0.15) is 26.3 Å². The third kappa shape index (κ3) is 5.96. The molecule has 1 fully saturated rings. The fourth-order valence-electron chi connectivity index (χ4n) is 3.68. The third-order valence-electron chi connectivity index (χ3n) is 5.01. The summed E-state index contributed by atoms with van der Waals surface area (Å²) in [5.74, 6) is -3.15. The number of esters is 4. The number of ether oxygens (including phenoxy) is 6. The number of hydrogen-bond acceptors (Lipinski definition) is 12. The van der Waals surface area contributed by atoms with Crippen LogP contribution in [0.15, 0.2) is 33.5 Å². The summed E-state index contributed by atoms with van der Waals surface area (Å²) in [4.78, 5) is 59.6. The van der Waals surface area contributed by atoms with E-state index in [1.54, 1.807) is 13.0 Å². The Bertz CT molecular complexity index is 1200. The smallest absolute Gasteiger partial charge is 0.339 e. The van der Waals surface area contributed by atoms with Crippen molar-refractivity contribution in [3.63, 3.8) is 0 Å². The summed E-state index contributed by atoms with van der Waals surface area (Å²) in [7, 11) is 1.09. The normalized spacial score (nSPS) is 23.7. The number of methoxy groups -OCH3 is 1. The highest BCUT2D eigenvalue weighted by atomic mass is 16.7. The first kappa shape index (κ1) is 25.7. The third-order valence-corrected chi connectivity index (χ3v) is 5.01. The fourth-order valence-corrected chi connectivity index (χ4v) is 3.68. The van der Waals surface area contributed by atoms with Gasteiger partial charge in [-0.1, -0.05) is 0 Å². The van der Waals surface area contributed by atoms with Crippen molar-refractivity contribution in [3.8, 4) is 5.75 Å². The van der Waals surface area contributed by atoms with Crippen LogP contribution in [0.4, 0.5) is 0 Å². The van der Waals surface area contributed by atoms with Gasteiger partial charge in [-0.05, 0) is 30.7 Å². The quantitative estimate of drug-likeness (QED) is 0.323. The second kappa shape index (κ2) is 10.6. The van der Waals surface area contributed by atoms with Gasteiger partial charge in [0.25, 0.3) is 0 Å². The molecule has 1 aromatic heterocycles. The maximum Gasteiger partial charge on any atom is 0.339 e. The molecular formula is C23H24O12. The molecule has 1 aliphatic rings. The predicted molar refractivity (Wildman–Crippen MR) is 115 cm³/mol. The van der Waals surface area contributed by atoms with Crippen molar-refractivity contribution >= 4 is 34.8 Å². The van der Waals surface area contributed by atoms with Gasteiger partial charge in [0.05, 0.1) is 7.11 Å². The van der Waals surface area contributed by atoms with E-state index in [0.717, 1.165) is 27.9 Å². The maximum absolute atomic E-state index is 12.5. The van der Waals surface area contributed by atoms with Crippen LogP contribution in [0.3, 0.4) is 0 Å². The van der Waals surface area contributed by atoms with Crippen molar-refractivity contribution in [1.29, 1.82) is 0 Å². The minimum absolute atomic E-state index is 0.188. The first-order valence-corrected chi connectivity index (χ1v) is 10.5. The predicted octanol–water partition coefficient (Wildman–Crippen LogP) is 1.17. The van der Waals surface area contributed by atoms with E-state index in [9.17, 15) is 24.0 Å². The first-order valence-electron chi connectivity index (χ1n) is 10.5. The van der Waals surface area contributed by atoms with E-state index in [2.05, 4.69) is 0 Å². The highest BCUT2D eigenvalue weighted by Crippen LogP contribution is 2.32. The molecule has 188 valence electrons. The van der Waals surface area contributed by atoms with Crippen LogP contribution in [-0.2, 0) is 42.9 Å². The summed E-state index contributed by atoms with van der Waals surface area (Å²) in [5.41, 5.74) is 0.405. The molecule has 0 bridgehead atoms. The molecule has 2 aromatic rings. The molecule has 5 atom stereocenters.